The molecule has 0 aromatic heterocycles. The molecule has 0 spiro atoms. The number of aliphatic hydroxyl groups is 2. The second-order valence-corrected chi connectivity index (χ2v) is 23.3. The maximum atomic E-state index is 15.2. The number of esters is 4. The zero-order chi connectivity index (χ0) is 76.7. The molecule has 0 radical (unpaired) electrons. The highest BCUT2D eigenvalue weighted by Crippen LogP contribution is 2.67. The Morgan fingerprint density at radius 3 is 0.760 bits per heavy atom. The number of aliphatic hydroxyl groups excluding tert-OH is 2. The Hall–Kier alpha value is -4.96. The van der Waals surface area contributed by atoms with Gasteiger partial charge in [-0.15, -0.1) is 23.2 Å². The predicted octanol–water partition coefficient (Wildman–Crippen LogP) is 11.5. The van der Waals surface area contributed by atoms with Crippen LogP contribution in [0.4, 0.5) is 149 Å². The van der Waals surface area contributed by atoms with Crippen molar-refractivity contribution in [2.75, 3.05) is 64.4 Å². The van der Waals surface area contributed by atoms with E-state index in [2.05, 4.69) is 18.9 Å². The van der Waals surface area contributed by atoms with Gasteiger partial charge in [-0.05, 0) is 25.0 Å². The van der Waals surface area contributed by atoms with Crippen molar-refractivity contribution < 1.29 is 214 Å². The van der Waals surface area contributed by atoms with Gasteiger partial charge >= 0.3 is 118 Å². The molecule has 2 atom stereocenters. The van der Waals surface area contributed by atoms with Gasteiger partial charge in [-0.2, -0.15) is 158 Å². The van der Waals surface area contributed by atoms with Crippen LogP contribution in [-0.2, 0) is 39.0 Å². The van der Waals surface area contributed by atoms with E-state index in [1.807, 2.05) is 0 Å². The van der Waals surface area contributed by atoms with E-state index in [9.17, 15) is 178 Å². The molecule has 0 saturated heterocycles. The Morgan fingerprint density at radius 1 is 0.365 bits per heavy atom. The number of ether oxygens (including phenoxy) is 4. The molecule has 1 aromatic carbocycles. The molecule has 0 heterocycles. The van der Waals surface area contributed by atoms with Crippen LogP contribution in [0.5, 0.6) is 0 Å². The topological polar surface area (TPSA) is 220 Å². The summed E-state index contributed by atoms with van der Waals surface area (Å²) in [6.45, 7) is -14.5. The summed E-state index contributed by atoms with van der Waals surface area (Å²) >= 11 is 10.7. The van der Waals surface area contributed by atoms with Gasteiger partial charge in [0.2, 0.25) is 0 Å². The van der Waals surface area contributed by atoms with E-state index in [1.165, 1.54) is 0 Å². The second-order valence-electron chi connectivity index (χ2n) is 18.8. The van der Waals surface area contributed by atoms with Crippen LogP contribution in [0.3, 0.4) is 0 Å². The fraction of sp³-hybridized carbons (Fsp3) is 0.762. The van der Waals surface area contributed by atoms with E-state index in [-0.39, 0.29) is 12.1 Å². The highest BCUT2D eigenvalue weighted by Gasteiger charge is 2.98. The van der Waals surface area contributed by atoms with Crippen molar-refractivity contribution in [3.63, 3.8) is 0 Å². The molecule has 1 aromatic rings. The molecule has 16 nitrogen and oxygen atoms in total. The zero-order valence-electron chi connectivity index (χ0n) is 45.9. The Kier molecular flexibility index (Phi) is 26.9. The van der Waals surface area contributed by atoms with Gasteiger partial charge in [-0.25, -0.2) is 36.0 Å². The lowest BCUT2D eigenvalue weighted by Crippen LogP contribution is -2.75. The van der Waals surface area contributed by atoms with Gasteiger partial charge in [-0.1, -0.05) is 13.8 Å². The van der Waals surface area contributed by atoms with Gasteiger partial charge in [0.25, 0.3) is 20.0 Å². The molecule has 0 amide bonds. The number of benzene rings is 1. The zero-order valence-corrected chi connectivity index (χ0v) is 49.1. The van der Waals surface area contributed by atoms with Gasteiger partial charge in [0.1, 0.15) is 38.6 Å². The van der Waals surface area contributed by atoms with Crippen molar-refractivity contribution in [1.82, 2.24) is 8.61 Å². The second kappa shape index (κ2) is 28.9. The number of hydrogen-bond donors (Lipinski definition) is 2. The van der Waals surface area contributed by atoms with Crippen LogP contribution < -0.4 is 0 Å². The first-order chi connectivity index (χ1) is 42.4. The Morgan fingerprint density at radius 2 is 0.562 bits per heavy atom. The van der Waals surface area contributed by atoms with Crippen molar-refractivity contribution in [3.8, 4) is 0 Å². The summed E-state index contributed by atoms with van der Waals surface area (Å²) in [5.41, 5.74) is -6.98. The standard InChI is InChI=1S/C42H36Cl2F34N2O14S2/c1-3-5-79(95(87,88)41(75,76)37(65,66)33(57,58)29(49,50)27(45,46)31(53,54)35(61,62)39(69,70)71)7-9-91-23(83)19-11-20(22(26(86)94-16-18(82)14-44)12-21(19)25(85)93-15-17(81)13-43)24(84)92-10-8-80(6-4-2)96(89,90)42(77,78)38(67,68)34(59,60)30(51,52)28(47,48)32(55,56)36(63,64)40(72,73)74/h11-12,17-18,81-82H,3-10,13-16H2,1-2H3. The molecule has 1 rings (SSSR count). The molecule has 0 aliphatic rings. The van der Waals surface area contributed by atoms with Crippen molar-refractivity contribution in [2.45, 2.75) is 133 Å². The molecule has 0 fully saturated rings. The van der Waals surface area contributed by atoms with Crippen LogP contribution in [-0.4, -0.2) is 230 Å². The highest BCUT2D eigenvalue weighted by atomic mass is 35.5. The van der Waals surface area contributed by atoms with Gasteiger partial charge in [0, 0.05) is 26.2 Å². The molecular formula is C42H36Cl2F34N2O14S2. The number of sulfonamides is 2. The average molecular weight is 1570 g/mol. The number of carbonyl (C=O) groups excluding carboxylic acids is 4. The Labute approximate surface area is 521 Å². The highest BCUT2D eigenvalue weighted by molar-refractivity contribution is 7.90. The van der Waals surface area contributed by atoms with Crippen LogP contribution in [0.15, 0.2) is 12.1 Å². The molecule has 96 heavy (non-hydrogen) atoms. The summed E-state index contributed by atoms with van der Waals surface area (Å²) in [5.74, 6) is -120. The van der Waals surface area contributed by atoms with Crippen molar-refractivity contribution >= 4 is 67.1 Å². The third kappa shape index (κ3) is 14.9. The van der Waals surface area contributed by atoms with E-state index in [0.717, 1.165) is 0 Å². The number of rotatable bonds is 36. The maximum Gasteiger partial charge on any atom is 0.460 e. The predicted molar refractivity (Wildman–Crippen MR) is 244 cm³/mol. The van der Waals surface area contributed by atoms with E-state index in [4.69, 9.17) is 23.2 Å². The molecule has 0 bridgehead atoms. The Bertz CT molecular complexity index is 2970. The maximum absolute atomic E-state index is 15.2. The quantitative estimate of drug-likeness (QED) is 0.0276. The minimum atomic E-state index is -9.30. The van der Waals surface area contributed by atoms with Crippen LogP contribution in [0.25, 0.3) is 0 Å². The summed E-state index contributed by atoms with van der Waals surface area (Å²) < 4.78 is 543. The molecule has 54 heteroatoms. The summed E-state index contributed by atoms with van der Waals surface area (Å²) in [6, 6.07) is -0.471. The number of alkyl halides is 36. The van der Waals surface area contributed by atoms with Gasteiger partial charge in [0.05, 0.1) is 34.0 Å². The molecular weight excluding hydrogens is 1540 g/mol. The van der Waals surface area contributed by atoms with Crippen molar-refractivity contribution in [3.05, 3.63) is 34.4 Å². The largest absolute Gasteiger partial charge is 0.461 e. The SMILES string of the molecule is CCCN(CCOC(=O)c1cc(C(=O)OCCN(CCC)S(=O)(=O)C(F)(F)C(F)(F)C(F)(F)C(F)(F)C(F)(F)C(F)(F)C(F)(F)C(F)(F)F)c(C(=O)OCC(O)CCl)cc1C(=O)OCC(O)CCl)S(=O)(=O)C(F)(F)C(F)(F)C(F)(F)C(F)(F)C(F)(F)C(F)(F)C(F)(F)C(F)(F)F. The summed E-state index contributed by atoms with van der Waals surface area (Å²) in [5, 5.41) is 3.10. The summed E-state index contributed by atoms with van der Waals surface area (Å²) in [6.07, 6.45) is -22.6. The summed E-state index contributed by atoms with van der Waals surface area (Å²) in [7, 11) is -16.3. The monoisotopic (exact) mass is 1570 g/mol. The smallest absolute Gasteiger partial charge is 0.460 e. The molecule has 2 N–H and O–H groups in total. The van der Waals surface area contributed by atoms with E-state index < -0.39 is 258 Å². The van der Waals surface area contributed by atoms with Crippen LogP contribution >= 0.6 is 23.2 Å². The van der Waals surface area contributed by atoms with Gasteiger partial charge < -0.3 is 29.2 Å². The van der Waals surface area contributed by atoms with Crippen molar-refractivity contribution in [2.24, 2.45) is 0 Å². The first-order valence-corrected chi connectivity index (χ1v) is 28.1. The molecule has 0 saturated carbocycles. The van der Waals surface area contributed by atoms with Crippen LogP contribution in [0.1, 0.15) is 68.1 Å². The normalized spacial score (nSPS) is 15.6. The average Bonchev–Trinajstić information content (AvgIpc) is 0.696. The number of halogens is 36. The van der Waals surface area contributed by atoms with Gasteiger partial charge in [-0.3, -0.25) is 0 Å². The fourth-order valence-electron chi connectivity index (χ4n) is 6.65. The fourth-order valence-corrected chi connectivity index (χ4v) is 9.86. The molecule has 2 unspecified atom stereocenters. The lowest BCUT2D eigenvalue weighted by molar-refractivity contribution is -0.458. The Balaban J connectivity index is 4.17. The lowest BCUT2D eigenvalue weighted by Gasteiger charge is -2.43. The number of hydrogen-bond acceptors (Lipinski definition) is 14. The minimum absolute atomic E-state index is 0.163. The lowest BCUT2D eigenvalue weighted by atomic mass is 9.91. The number of carbonyl (C=O) groups is 4. The summed E-state index contributed by atoms with van der Waals surface area (Å²) in [4.78, 5) is 53.8. The van der Waals surface area contributed by atoms with E-state index in [1.54, 1.807) is 0 Å². The third-order valence-electron chi connectivity index (χ3n) is 12.0. The minimum Gasteiger partial charge on any atom is -0.461 e. The van der Waals surface area contributed by atoms with Crippen LogP contribution in [0.2, 0.25) is 0 Å². The van der Waals surface area contributed by atoms with Crippen LogP contribution in [0, 0.1) is 0 Å². The number of nitrogens with zero attached hydrogens (tertiary/aromatic N) is 2. The molecule has 0 aliphatic carbocycles. The molecule has 562 valence electrons. The molecule has 0 aliphatic heterocycles. The van der Waals surface area contributed by atoms with Crippen molar-refractivity contribution in [1.29, 1.82) is 0 Å². The van der Waals surface area contributed by atoms with Gasteiger partial charge in [0.15, 0.2) is 0 Å². The first-order valence-electron chi connectivity index (χ1n) is 24.2. The van der Waals surface area contributed by atoms with E-state index >= 15 is 17.6 Å². The third-order valence-corrected chi connectivity index (χ3v) is 16.6. The van der Waals surface area contributed by atoms with E-state index in [0.29, 0.717) is 13.8 Å². The first kappa shape index (κ1) is 89.1.